The molecule has 3 aromatic rings. The molecule has 0 unspecified atom stereocenters. The van der Waals surface area contributed by atoms with E-state index >= 15 is 0 Å². The molecule has 0 aliphatic heterocycles. The summed E-state index contributed by atoms with van der Waals surface area (Å²) in [5, 5.41) is 9.64. The van der Waals surface area contributed by atoms with Gasteiger partial charge in [0.1, 0.15) is 17.1 Å². The number of para-hydroxylation sites is 1. The molecule has 0 atom stereocenters. The van der Waals surface area contributed by atoms with E-state index in [-0.39, 0.29) is 11.3 Å². The Morgan fingerprint density at radius 1 is 1.24 bits per heavy atom. The number of benzene rings is 1. The van der Waals surface area contributed by atoms with Crippen LogP contribution in [0.15, 0.2) is 36.7 Å². The molecule has 2 aromatic heterocycles. The van der Waals surface area contributed by atoms with Crippen LogP contribution in [0.25, 0.3) is 22.4 Å². The van der Waals surface area contributed by atoms with Crippen molar-refractivity contribution >= 4 is 11.0 Å². The zero-order valence-corrected chi connectivity index (χ0v) is 8.68. The van der Waals surface area contributed by atoms with Crippen molar-refractivity contribution in [2.75, 3.05) is 0 Å². The maximum absolute atomic E-state index is 13.5. The molecular formula is C12H8FN3O. The van der Waals surface area contributed by atoms with E-state index in [0.29, 0.717) is 16.9 Å². The number of pyridine rings is 1. The van der Waals surface area contributed by atoms with Gasteiger partial charge in [-0.25, -0.2) is 9.37 Å². The van der Waals surface area contributed by atoms with Crippen molar-refractivity contribution in [1.82, 2.24) is 15.0 Å². The normalized spacial score (nSPS) is 10.9. The first-order chi connectivity index (χ1) is 8.25. The minimum atomic E-state index is -0.390. The number of hydrogen-bond donors (Lipinski definition) is 2. The third kappa shape index (κ3) is 1.52. The van der Waals surface area contributed by atoms with Crippen LogP contribution in [0.3, 0.4) is 0 Å². The highest BCUT2D eigenvalue weighted by molar-refractivity contribution is 5.80. The Bertz CT molecular complexity index is 693. The van der Waals surface area contributed by atoms with Gasteiger partial charge in [-0.1, -0.05) is 6.07 Å². The Morgan fingerprint density at radius 3 is 2.88 bits per heavy atom. The Morgan fingerprint density at radius 2 is 2.12 bits per heavy atom. The molecule has 1 aromatic carbocycles. The second-order valence-corrected chi connectivity index (χ2v) is 3.61. The van der Waals surface area contributed by atoms with E-state index in [1.54, 1.807) is 24.4 Å². The van der Waals surface area contributed by atoms with E-state index in [4.69, 9.17) is 0 Å². The van der Waals surface area contributed by atoms with Crippen LogP contribution in [0, 0.1) is 5.82 Å². The van der Waals surface area contributed by atoms with Gasteiger partial charge in [-0.15, -0.1) is 0 Å². The molecule has 5 heteroatoms. The third-order valence-corrected chi connectivity index (χ3v) is 2.52. The molecule has 84 valence electrons. The number of aromatic nitrogens is 3. The monoisotopic (exact) mass is 229 g/mol. The number of H-pyrrole nitrogens is 1. The van der Waals surface area contributed by atoms with Gasteiger partial charge in [0.15, 0.2) is 5.82 Å². The molecule has 0 saturated carbocycles. The topological polar surface area (TPSA) is 61.8 Å². The fourth-order valence-electron chi connectivity index (χ4n) is 1.71. The van der Waals surface area contributed by atoms with Crippen molar-refractivity contribution in [3.8, 4) is 17.1 Å². The number of aromatic hydroxyl groups is 1. The van der Waals surface area contributed by atoms with Gasteiger partial charge in [0.2, 0.25) is 0 Å². The van der Waals surface area contributed by atoms with Crippen molar-refractivity contribution < 1.29 is 9.50 Å². The molecule has 2 N–H and O–H groups in total. The highest BCUT2D eigenvalue weighted by Crippen LogP contribution is 2.27. The SMILES string of the molecule is Oc1cnccc1-c1nc2c(F)cccc2[nH]1. The highest BCUT2D eigenvalue weighted by atomic mass is 19.1. The number of nitrogens with zero attached hydrogens (tertiary/aromatic N) is 2. The first-order valence-corrected chi connectivity index (χ1v) is 5.03. The largest absolute Gasteiger partial charge is 0.506 e. The molecular weight excluding hydrogens is 221 g/mol. The zero-order valence-electron chi connectivity index (χ0n) is 8.68. The predicted molar refractivity (Wildman–Crippen MR) is 60.9 cm³/mol. The number of hydrogen-bond acceptors (Lipinski definition) is 3. The summed E-state index contributed by atoms with van der Waals surface area (Å²) in [5.74, 6) is 0.0375. The van der Waals surface area contributed by atoms with Gasteiger partial charge in [-0.3, -0.25) is 4.98 Å². The Hall–Kier alpha value is -2.43. The Balaban J connectivity index is 2.26. The van der Waals surface area contributed by atoms with Gasteiger partial charge < -0.3 is 10.1 Å². The molecule has 0 fully saturated rings. The van der Waals surface area contributed by atoms with Crippen LogP contribution in [0.5, 0.6) is 5.75 Å². The fourth-order valence-corrected chi connectivity index (χ4v) is 1.71. The molecule has 0 aliphatic carbocycles. The van der Waals surface area contributed by atoms with E-state index in [2.05, 4.69) is 15.0 Å². The van der Waals surface area contributed by atoms with Crippen molar-refractivity contribution in [3.63, 3.8) is 0 Å². The second kappa shape index (κ2) is 3.55. The van der Waals surface area contributed by atoms with Gasteiger partial charge in [0, 0.05) is 6.20 Å². The predicted octanol–water partition coefficient (Wildman–Crippen LogP) is 2.47. The zero-order chi connectivity index (χ0) is 11.8. The minimum Gasteiger partial charge on any atom is -0.506 e. The lowest BCUT2D eigenvalue weighted by Crippen LogP contribution is -1.82. The number of fused-ring (bicyclic) bond motifs is 1. The van der Waals surface area contributed by atoms with Gasteiger partial charge in [-0.05, 0) is 18.2 Å². The van der Waals surface area contributed by atoms with E-state index < -0.39 is 5.82 Å². The van der Waals surface area contributed by atoms with Crippen LogP contribution in [0.1, 0.15) is 0 Å². The van der Waals surface area contributed by atoms with Gasteiger partial charge >= 0.3 is 0 Å². The van der Waals surface area contributed by atoms with Crippen LogP contribution in [-0.4, -0.2) is 20.1 Å². The minimum absolute atomic E-state index is 0.00645. The van der Waals surface area contributed by atoms with E-state index in [1.165, 1.54) is 12.3 Å². The third-order valence-electron chi connectivity index (χ3n) is 2.52. The first-order valence-electron chi connectivity index (χ1n) is 5.03. The summed E-state index contributed by atoms with van der Waals surface area (Å²) >= 11 is 0. The summed E-state index contributed by atoms with van der Waals surface area (Å²) < 4.78 is 13.5. The highest BCUT2D eigenvalue weighted by Gasteiger charge is 2.11. The molecule has 0 amide bonds. The summed E-state index contributed by atoms with van der Waals surface area (Å²) in [6.07, 6.45) is 2.86. The van der Waals surface area contributed by atoms with Crippen LogP contribution in [0.2, 0.25) is 0 Å². The number of imidazole rings is 1. The summed E-state index contributed by atoms with van der Waals surface area (Å²) in [6.45, 7) is 0. The maximum atomic E-state index is 13.5. The molecule has 0 radical (unpaired) electrons. The summed E-state index contributed by atoms with van der Waals surface area (Å²) in [5.41, 5.74) is 1.35. The average molecular weight is 229 g/mol. The average Bonchev–Trinajstić information content (AvgIpc) is 2.75. The van der Waals surface area contributed by atoms with Crippen LogP contribution < -0.4 is 0 Å². The number of rotatable bonds is 1. The van der Waals surface area contributed by atoms with Crippen LogP contribution >= 0.6 is 0 Å². The molecule has 0 spiro atoms. The quantitative estimate of drug-likeness (QED) is 0.673. The lowest BCUT2D eigenvalue weighted by molar-refractivity contribution is 0.474. The fraction of sp³-hybridized carbons (Fsp3) is 0. The van der Waals surface area contributed by atoms with Crippen molar-refractivity contribution in [1.29, 1.82) is 0 Å². The molecule has 17 heavy (non-hydrogen) atoms. The van der Waals surface area contributed by atoms with Crippen molar-refractivity contribution in [3.05, 3.63) is 42.5 Å². The molecule has 4 nitrogen and oxygen atoms in total. The summed E-state index contributed by atoms with van der Waals surface area (Å²) in [6, 6.07) is 6.30. The van der Waals surface area contributed by atoms with E-state index in [9.17, 15) is 9.50 Å². The van der Waals surface area contributed by atoms with Crippen molar-refractivity contribution in [2.45, 2.75) is 0 Å². The number of halogens is 1. The number of aromatic amines is 1. The molecule has 0 bridgehead atoms. The standard InChI is InChI=1S/C12H8FN3O/c13-8-2-1-3-9-11(8)16-12(15-9)7-4-5-14-6-10(7)17/h1-6,17H,(H,15,16). The number of nitrogens with one attached hydrogen (secondary N) is 1. The van der Waals surface area contributed by atoms with Crippen LogP contribution in [-0.2, 0) is 0 Å². The van der Waals surface area contributed by atoms with E-state index in [1.807, 2.05) is 0 Å². The molecule has 2 heterocycles. The Labute approximate surface area is 95.8 Å². The van der Waals surface area contributed by atoms with Gasteiger partial charge in [0.25, 0.3) is 0 Å². The lowest BCUT2D eigenvalue weighted by Gasteiger charge is -1.98. The van der Waals surface area contributed by atoms with Crippen LogP contribution in [0.4, 0.5) is 4.39 Å². The molecule has 3 rings (SSSR count). The smallest absolute Gasteiger partial charge is 0.151 e. The maximum Gasteiger partial charge on any atom is 0.151 e. The second-order valence-electron chi connectivity index (χ2n) is 3.61. The van der Waals surface area contributed by atoms with Crippen molar-refractivity contribution in [2.24, 2.45) is 0 Å². The van der Waals surface area contributed by atoms with E-state index in [0.717, 1.165) is 0 Å². The molecule has 0 aliphatic rings. The summed E-state index contributed by atoms with van der Waals surface area (Å²) in [4.78, 5) is 10.9. The first kappa shape index (κ1) is 9.77. The van der Waals surface area contributed by atoms with Gasteiger partial charge in [0.05, 0.1) is 17.3 Å². The van der Waals surface area contributed by atoms with Gasteiger partial charge in [-0.2, -0.15) is 0 Å². The molecule has 0 saturated heterocycles. The Kier molecular flexibility index (Phi) is 2.04. The summed E-state index contributed by atoms with van der Waals surface area (Å²) in [7, 11) is 0. The lowest BCUT2D eigenvalue weighted by atomic mass is 10.2.